The average molecular weight is 415 g/mol. The summed E-state index contributed by atoms with van der Waals surface area (Å²) in [6.45, 7) is 5.20. The molecule has 0 unspecified atom stereocenters. The predicted molar refractivity (Wildman–Crippen MR) is 111 cm³/mol. The summed E-state index contributed by atoms with van der Waals surface area (Å²) in [6, 6.07) is 14.1. The molecule has 7 heteroatoms. The Labute approximate surface area is 177 Å². The number of rotatable bonds is 2. The fourth-order valence-corrected chi connectivity index (χ4v) is 4.08. The number of phenols is 2. The number of carbonyl (C=O) groups excluding carboxylic acids is 2. The molecule has 1 amide bonds. The van der Waals surface area contributed by atoms with Gasteiger partial charge in [-0.1, -0.05) is 18.7 Å². The lowest BCUT2D eigenvalue weighted by Gasteiger charge is -2.36. The zero-order chi connectivity index (χ0) is 21.9. The lowest BCUT2D eigenvalue weighted by atomic mass is 9.77. The van der Waals surface area contributed by atoms with Crippen LogP contribution in [0.5, 0.6) is 23.0 Å². The Kier molecular flexibility index (Phi) is 3.85. The third-order valence-electron chi connectivity index (χ3n) is 5.44. The summed E-state index contributed by atoms with van der Waals surface area (Å²) < 4.78 is 11.9. The summed E-state index contributed by atoms with van der Waals surface area (Å²) in [6.07, 6.45) is 0. The Morgan fingerprint density at radius 3 is 2.16 bits per heavy atom. The van der Waals surface area contributed by atoms with Crippen molar-refractivity contribution in [3.63, 3.8) is 0 Å². The van der Waals surface area contributed by atoms with Crippen LogP contribution in [0.3, 0.4) is 0 Å². The number of carbonyl (C=O) groups is 2. The first-order valence-corrected chi connectivity index (χ1v) is 9.50. The highest BCUT2D eigenvalue weighted by Gasteiger charge is 2.54. The minimum absolute atomic E-state index is 0.0236. The molecule has 31 heavy (non-hydrogen) atoms. The van der Waals surface area contributed by atoms with Crippen LogP contribution in [-0.4, -0.2) is 22.1 Å². The highest BCUT2D eigenvalue weighted by molar-refractivity contribution is 6.09. The number of aromatic hydroxyl groups is 2. The second-order valence-corrected chi connectivity index (χ2v) is 7.50. The Morgan fingerprint density at radius 2 is 1.58 bits per heavy atom. The molecule has 0 aliphatic carbocycles. The van der Waals surface area contributed by atoms with Gasteiger partial charge in [-0.15, -0.1) is 0 Å². The third kappa shape index (κ3) is 2.60. The van der Waals surface area contributed by atoms with Crippen LogP contribution in [0.25, 0.3) is 0 Å². The van der Waals surface area contributed by atoms with Gasteiger partial charge in [-0.3, -0.25) is 4.79 Å². The molecule has 7 nitrogen and oxygen atoms in total. The standard InChI is InChI=1S/C24H17NO6/c1-12(2)22(28)25-18-5-3-4-17-21(18)23(29)31-24(17)15-8-6-13(26)10-19(15)30-20-11-14(27)7-9-16(20)24/h3-11,26-27H,1H2,2H3,(H,25,28). The van der Waals surface area contributed by atoms with Crippen molar-refractivity contribution in [2.75, 3.05) is 5.32 Å². The number of esters is 1. The van der Waals surface area contributed by atoms with Crippen LogP contribution < -0.4 is 10.1 Å². The zero-order valence-corrected chi connectivity index (χ0v) is 16.4. The quantitative estimate of drug-likeness (QED) is 0.428. The highest BCUT2D eigenvalue weighted by Crippen LogP contribution is 2.57. The summed E-state index contributed by atoms with van der Waals surface area (Å²) in [5.74, 6) is -0.503. The third-order valence-corrected chi connectivity index (χ3v) is 5.44. The summed E-state index contributed by atoms with van der Waals surface area (Å²) >= 11 is 0. The van der Waals surface area contributed by atoms with Crippen molar-refractivity contribution in [1.29, 1.82) is 0 Å². The van der Waals surface area contributed by atoms with E-state index in [1.165, 1.54) is 24.3 Å². The number of amides is 1. The molecule has 0 aromatic heterocycles. The minimum atomic E-state index is -1.37. The lowest BCUT2D eigenvalue weighted by Crippen LogP contribution is -2.32. The lowest BCUT2D eigenvalue weighted by molar-refractivity contribution is -0.112. The van der Waals surface area contributed by atoms with E-state index in [4.69, 9.17) is 9.47 Å². The maximum atomic E-state index is 13.1. The van der Waals surface area contributed by atoms with Gasteiger partial charge in [-0.25, -0.2) is 4.79 Å². The SMILES string of the molecule is C=C(C)C(=O)Nc1cccc2c1C(=O)OC21c2ccc(O)cc2Oc2cc(O)ccc21. The number of benzene rings is 3. The zero-order valence-electron chi connectivity index (χ0n) is 16.4. The Morgan fingerprint density at radius 1 is 0.968 bits per heavy atom. The van der Waals surface area contributed by atoms with Crippen LogP contribution in [0.1, 0.15) is 34.0 Å². The van der Waals surface area contributed by atoms with E-state index in [0.29, 0.717) is 28.0 Å². The van der Waals surface area contributed by atoms with E-state index in [1.807, 2.05) is 0 Å². The molecule has 0 atom stereocenters. The fourth-order valence-electron chi connectivity index (χ4n) is 4.08. The molecule has 0 saturated heterocycles. The van der Waals surface area contributed by atoms with Crippen LogP contribution >= 0.6 is 0 Å². The van der Waals surface area contributed by atoms with Gasteiger partial charge < -0.3 is 25.0 Å². The van der Waals surface area contributed by atoms with Crippen molar-refractivity contribution < 1.29 is 29.3 Å². The molecule has 0 fully saturated rings. The molecule has 5 rings (SSSR count). The predicted octanol–water partition coefficient (Wildman–Crippen LogP) is 4.18. The van der Waals surface area contributed by atoms with Crippen molar-refractivity contribution in [2.24, 2.45) is 0 Å². The molecule has 0 bridgehead atoms. The van der Waals surface area contributed by atoms with Crippen LogP contribution in [0.4, 0.5) is 5.69 Å². The molecule has 154 valence electrons. The molecule has 3 N–H and O–H groups in total. The topological polar surface area (TPSA) is 105 Å². The molecule has 2 aliphatic heterocycles. The number of ether oxygens (including phenoxy) is 2. The highest BCUT2D eigenvalue weighted by atomic mass is 16.6. The minimum Gasteiger partial charge on any atom is -0.508 e. The number of anilines is 1. The van der Waals surface area contributed by atoms with Gasteiger partial charge in [0.05, 0.1) is 11.3 Å². The van der Waals surface area contributed by atoms with E-state index >= 15 is 0 Å². The van der Waals surface area contributed by atoms with Crippen LogP contribution in [0.2, 0.25) is 0 Å². The molecule has 0 radical (unpaired) electrons. The molecular formula is C24H17NO6. The van der Waals surface area contributed by atoms with E-state index in [9.17, 15) is 19.8 Å². The first kappa shape index (κ1) is 18.7. The number of fused-ring (bicyclic) bond motifs is 6. The van der Waals surface area contributed by atoms with Gasteiger partial charge in [0.15, 0.2) is 5.60 Å². The summed E-state index contributed by atoms with van der Waals surface area (Å²) in [5.41, 5.74) is 0.987. The van der Waals surface area contributed by atoms with Crippen molar-refractivity contribution in [3.05, 3.63) is 89.0 Å². The van der Waals surface area contributed by atoms with Gasteiger partial charge >= 0.3 is 5.97 Å². The van der Waals surface area contributed by atoms with Crippen LogP contribution in [-0.2, 0) is 15.1 Å². The number of phenolic OH excluding ortho intramolecular Hbond substituents is 2. The van der Waals surface area contributed by atoms with Crippen molar-refractivity contribution in [1.82, 2.24) is 0 Å². The second-order valence-electron chi connectivity index (χ2n) is 7.50. The molecule has 0 saturated carbocycles. The van der Waals surface area contributed by atoms with E-state index in [1.54, 1.807) is 37.3 Å². The largest absolute Gasteiger partial charge is 0.508 e. The van der Waals surface area contributed by atoms with Gasteiger partial charge in [-0.2, -0.15) is 0 Å². The molecular weight excluding hydrogens is 398 g/mol. The van der Waals surface area contributed by atoms with E-state index < -0.39 is 17.5 Å². The maximum Gasteiger partial charge on any atom is 0.342 e. The van der Waals surface area contributed by atoms with E-state index in [0.717, 1.165) is 0 Å². The Bertz CT molecular complexity index is 1260. The van der Waals surface area contributed by atoms with Crippen molar-refractivity contribution in [3.8, 4) is 23.0 Å². The molecule has 2 heterocycles. The maximum absolute atomic E-state index is 13.1. The first-order valence-electron chi connectivity index (χ1n) is 9.50. The summed E-state index contributed by atoms with van der Waals surface area (Å²) in [7, 11) is 0. The molecule has 3 aromatic rings. The summed E-state index contributed by atoms with van der Waals surface area (Å²) in [5, 5.41) is 22.7. The van der Waals surface area contributed by atoms with Crippen LogP contribution in [0.15, 0.2) is 66.7 Å². The number of nitrogens with one attached hydrogen (secondary N) is 1. The monoisotopic (exact) mass is 415 g/mol. The fraction of sp³-hybridized carbons (Fsp3) is 0.0833. The van der Waals surface area contributed by atoms with E-state index in [-0.39, 0.29) is 28.6 Å². The van der Waals surface area contributed by atoms with Gasteiger partial charge in [0.25, 0.3) is 5.91 Å². The summed E-state index contributed by atoms with van der Waals surface area (Å²) in [4.78, 5) is 25.3. The molecule has 2 aliphatic rings. The number of hydrogen-bond donors (Lipinski definition) is 3. The smallest absolute Gasteiger partial charge is 0.342 e. The van der Waals surface area contributed by atoms with Crippen molar-refractivity contribution >= 4 is 17.6 Å². The van der Waals surface area contributed by atoms with E-state index in [2.05, 4.69) is 11.9 Å². The Hall–Kier alpha value is -4.26. The Balaban J connectivity index is 1.81. The first-order chi connectivity index (χ1) is 14.8. The van der Waals surface area contributed by atoms with Gasteiger partial charge in [0.1, 0.15) is 23.0 Å². The molecule has 3 aromatic carbocycles. The van der Waals surface area contributed by atoms with Crippen LogP contribution in [0, 0.1) is 0 Å². The average Bonchev–Trinajstić information content (AvgIpc) is 3.01. The van der Waals surface area contributed by atoms with Gasteiger partial charge in [0, 0.05) is 34.4 Å². The molecule has 1 spiro atoms. The second kappa shape index (κ2) is 6.37. The van der Waals surface area contributed by atoms with Gasteiger partial charge in [0.2, 0.25) is 0 Å². The van der Waals surface area contributed by atoms with Gasteiger partial charge in [-0.05, 0) is 37.3 Å². The van der Waals surface area contributed by atoms with Crippen molar-refractivity contribution in [2.45, 2.75) is 12.5 Å². The number of hydrogen-bond acceptors (Lipinski definition) is 6. The normalized spacial score (nSPS) is 14.7.